The molecule has 0 aliphatic carbocycles. The lowest BCUT2D eigenvalue weighted by Crippen LogP contribution is -2.18. The zero-order chi connectivity index (χ0) is 13.6. The maximum Gasteiger partial charge on any atom is 0.141 e. The molecule has 1 nitrogen and oxygen atoms in total. The Morgan fingerprint density at radius 3 is 2.53 bits per heavy atom. The summed E-state index contributed by atoms with van der Waals surface area (Å²) in [6.07, 6.45) is 0. The Hall–Kier alpha value is -1.54. The molecule has 1 N–H and O–H groups in total. The van der Waals surface area contributed by atoms with E-state index in [0.29, 0.717) is 0 Å². The summed E-state index contributed by atoms with van der Waals surface area (Å²) in [5, 5.41) is 3.57. The maximum atomic E-state index is 13.2. The van der Waals surface area contributed by atoms with Crippen molar-refractivity contribution in [3.05, 3.63) is 52.8 Å². The fourth-order valence-electron chi connectivity index (χ4n) is 2.53. The molecule has 3 rings (SSSR count). The summed E-state index contributed by atoms with van der Waals surface area (Å²) < 4.78 is 13.2. The van der Waals surface area contributed by atoms with Gasteiger partial charge in [-0.2, -0.15) is 0 Å². The largest absolute Gasteiger partial charge is 0.384 e. The van der Waals surface area contributed by atoms with Gasteiger partial charge in [-0.15, -0.1) is 0 Å². The van der Waals surface area contributed by atoms with Crippen LogP contribution in [-0.2, 0) is 5.41 Å². The van der Waals surface area contributed by atoms with Crippen molar-refractivity contribution in [2.24, 2.45) is 0 Å². The number of rotatable bonds is 1. The topological polar surface area (TPSA) is 12.0 Å². The smallest absolute Gasteiger partial charge is 0.141 e. The van der Waals surface area contributed by atoms with Crippen LogP contribution in [0.3, 0.4) is 0 Å². The summed E-state index contributed by atoms with van der Waals surface area (Å²) >= 11 is 5.85. The zero-order valence-electron chi connectivity index (χ0n) is 10.9. The Morgan fingerprint density at radius 2 is 1.79 bits per heavy atom. The van der Waals surface area contributed by atoms with Crippen LogP contribution in [0.5, 0.6) is 0 Å². The molecule has 3 heteroatoms. The molecular weight excluding hydrogens is 261 g/mol. The lowest BCUT2D eigenvalue weighted by molar-refractivity contribution is 0.586. The van der Waals surface area contributed by atoms with Crippen LogP contribution in [0.15, 0.2) is 36.4 Å². The van der Waals surface area contributed by atoms with E-state index < -0.39 is 0 Å². The molecule has 0 saturated heterocycles. The molecule has 98 valence electrons. The summed E-state index contributed by atoms with van der Waals surface area (Å²) in [4.78, 5) is 0. The van der Waals surface area contributed by atoms with Crippen LogP contribution in [0.2, 0.25) is 5.02 Å². The van der Waals surface area contributed by atoms with Crippen LogP contribution < -0.4 is 5.32 Å². The first-order valence-corrected chi connectivity index (χ1v) is 6.69. The fourth-order valence-corrected chi connectivity index (χ4v) is 2.71. The van der Waals surface area contributed by atoms with Crippen molar-refractivity contribution >= 4 is 17.3 Å². The minimum Gasteiger partial charge on any atom is -0.384 e. The minimum absolute atomic E-state index is 0.120. The van der Waals surface area contributed by atoms with Crippen LogP contribution >= 0.6 is 11.6 Å². The van der Waals surface area contributed by atoms with E-state index in [0.717, 1.165) is 17.7 Å². The minimum atomic E-state index is -0.381. The van der Waals surface area contributed by atoms with Gasteiger partial charge in [0.15, 0.2) is 0 Å². The van der Waals surface area contributed by atoms with E-state index >= 15 is 0 Å². The number of hydrogen-bond acceptors (Lipinski definition) is 1. The molecule has 0 atom stereocenters. The predicted molar refractivity (Wildman–Crippen MR) is 78.4 cm³/mol. The van der Waals surface area contributed by atoms with Crippen molar-refractivity contribution in [3.8, 4) is 11.1 Å². The van der Waals surface area contributed by atoms with Crippen molar-refractivity contribution in [3.63, 3.8) is 0 Å². The Labute approximate surface area is 117 Å². The number of benzene rings is 2. The maximum absolute atomic E-state index is 13.2. The van der Waals surface area contributed by atoms with E-state index in [9.17, 15) is 4.39 Å². The monoisotopic (exact) mass is 275 g/mol. The molecule has 19 heavy (non-hydrogen) atoms. The van der Waals surface area contributed by atoms with Gasteiger partial charge in [0, 0.05) is 17.6 Å². The standard InChI is InChI=1S/C16H15ClFN/c1-16(2)9-19-15-6-4-10(7-12(15)16)11-3-5-14(18)13(17)8-11/h3-8,19H,9H2,1-2H3. The highest BCUT2D eigenvalue weighted by Gasteiger charge is 2.29. The van der Waals surface area contributed by atoms with Gasteiger partial charge in [0.1, 0.15) is 5.82 Å². The molecule has 2 aromatic rings. The number of halogens is 2. The van der Waals surface area contributed by atoms with E-state index in [1.165, 1.54) is 17.3 Å². The molecular formula is C16H15ClFN. The van der Waals surface area contributed by atoms with Gasteiger partial charge in [0.25, 0.3) is 0 Å². The van der Waals surface area contributed by atoms with Crippen LogP contribution in [0.25, 0.3) is 11.1 Å². The lowest BCUT2D eigenvalue weighted by Gasteiger charge is -2.17. The lowest BCUT2D eigenvalue weighted by atomic mass is 9.85. The quantitative estimate of drug-likeness (QED) is 0.784. The first-order chi connectivity index (χ1) is 8.97. The highest BCUT2D eigenvalue weighted by Crippen LogP contribution is 2.39. The molecule has 0 bridgehead atoms. The summed E-state index contributed by atoms with van der Waals surface area (Å²) in [6.45, 7) is 5.37. The molecule has 0 saturated carbocycles. The second-order valence-electron chi connectivity index (χ2n) is 5.63. The van der Waals surface area contributed by atoms with Crippen LogP contribution in [0, 0.1) is 5.82 Å². The normalized spacial score (nSPS) is 16.0. The summed E-state index contributed by atoms with van der Waals surface area (Å²) in [6, 6.07) is 11.1. The molecule has 0 spiro atoms. The first-order valence-electron chi connectivity index (χ1n) is 6.31. The van der Waals surface area contributed by atoms with E-state index in [2.05, 4.69) is 31.3 Å². The second-order valence-corrected chi connectivity index (χ2v) is 6.03. The third-order valence-electron chi connectivity index (χ3n) is 3.72. The predicted octanol–water partition coefficient (Wildman–Crippen LogP) is 4.85. The fraction of sp³-hybridized carbons (Fsp3) is 0.250. The molecule has 0 fully saturated rings. The third-order valence-corrected chi connectivity index (χ3v) is 4.01. The van der Waals surface area contributed by atoms with Crippen molar-refractivity contribution in [2.45, 2.75) is 19.3 Å². The van der Waals surface area contributed by atoms with Gasteiger partial charge in [0.2, 0.25) is 0 Å². The van der Waals surface area contributed by atoms with Crippen molar-refractivity contribution < 1.29 is 4.39 Å². The van der Waals surface area contributed by atoms with Crippen LogP contribution in [-0.4, -0.2) is 6.54 Å². The van der Waals surface area contributed by atoms with Crippen molar-refractivity contribution in [1.29, 1.82) is 0 Å². The Bertz CT molecular complexity index is 649. The average Bonchev–Trinajstić information content (AvgIpc) is 2.69. The molecule has 1 heterocycles. The van der Waals surface area contributed by atoms with Gasteiger partial charge in [-0.05, 0) is 41.0 Å². The average molecular weight is 276 g/mol. The Morgan fingerprint density at radius 1 is 1.11 bits per heavy atom. The Kier molecular flexibility index (Phi) is 2.79. The van der Waals surface area contributed by atoms with Gasteiger partial charge in [-0.1, -0.05) is 37.6 Å². The third kappa shape index (κ3) is 2.10. The summed E-state index contributed by atoms with van der Waals surface area (Å²) in [7, 11) is 0. The highest BCUT2D eigenvalue weighted by atomic mass is 35.5. The van der Waals surface area contributed by atoms with Crippen LogP contribution in [0.1, 0.15) is 19.4 Å². The van der Waals surface area contributed by atoms with Crippen molar-refractivity contribution in [1.82, 2.24) is 0 Å². The number of nitrogens with one attached hydrogen (secondary N) is 1. The number of anilines is 1. The summed E-state index contributed by atoms with van der Waals surface area (Å²) in [5.74, 6) is -0.381. The van der Waals surface area contributed by atoms with Gasteiger partial charge in [-0.3, -0.25) is 0 Å². The second kappa shape index (κ2) is 4.24. The molecule has 1 aliphatic heterocycles. The van der Waals surface area contributed by atoms with Crippen LogP contribution in [0.4, 0.5) is 10.1 Å². The first kappa shape index (κ1) is 12.5. The number of fused-ring (bicyclic) bond motifs is 1. The number of hydrogen-bond donors (Lipinski definition) is 1. The molecule has 2 aromatic carbocycles. The van der Waals surface area contributed by atoms with Gasteiger partial charge >= 0.3 is 0 Å². The SMILES string of the molecule is CC1(C)CNc2ccc(-c3ccc(F)c(Cl)c3)cc21. The van der Waals surface area contributed by atoms with E-state index in [1.54, 1.807) is 12.1 Å². The summed E-state index contributed by atoms with van der Waals surface area (Å²) in [5.41, 5.74) is 4.61. The molecule has 0 amide bonds. The molecule has 0 unspecified atom stereocenters. The zero-order valence-corrected chi connectivity index (χ0v) is 11.7. The van der Waals surface area contributed by atoms with Gasteiger partial charge in [-0.25, -0.2) is 4.39 Å². The van der Waals surface area contributed by atoms with E-state index in [1.807, 2.05) is 6.07 Å². The van der Waals surface area contributed by atoms with E-state index in [-0.39, 0.29) is 16.3 Å². The molecule has 0 aromatic heterocycles. The van der Waals surface area contributed by atoms with E-state index in [4.69, 9.17) is 11.6 Å². The van der Waals surface area contributed by atoms with Gasteiger partial charge < -0.3 is 5.32 Å². The molecule has 0 radical (unpaired) electrons. The van der Waals surface area contributed by atoms with Gasteiger partial charge in [0.05, 0.1) is 5.02 Å². The molecule has 1 aliphatic rings. The van der Waals surface area contributed by atoms with Crippen molar-refractivity contribution in [2.75, 3.05) is 11.9 Å². The Balaban J connectivity index is 2.10. The highest BCUT2D eigenvalue weighted by molar-refractivity contribution is 6.31.